The summed E-state index contributed by atoms with van der Waals surface area (Å²) in [7, 11) is -1.48. The van der Waals surface area contributed by atoms with Crippen molar-refractivity contribution in [2.75, 3.05) is 18.6 Å². The fourth-order valence-corrected chi connectivity index (χ4v) is 4.71. The Morgan fingerprint density at radius 1 is 1.25 bits per heavy atom. The number of carbonyl (C=O) groups excluding carboxylic acids is 1. The first-order chi connectivity index (χ1) is 9.30. The van der Waals surface area contributed by atoms with Crippen LogP contribution in [0.4, 0.5) is 4.79 Å². The number of sulfone groups is 1. The molecule has 0 aromatic rings. The topological polar surface area (TPSA) is 104 Å². The summed E-state index contributed by atoms with van der Waals surface area (Å²) in [6.07, 6.45) is 2.45. The summed E-state index contributed by atoms with van der Waals surface area (Å²) < 4.78 is 22.8. The van der Waals surface area contributed by atoms with Crippen molar-refractivity contribution >= 4 is 21.8 Å². The van der Waals surface area contributed by atoms with Gasteiger partial charge in [0.1, 0.15) is 0 Å². The van der Waals surface area contributed by atoms with Gasteiger partial charge in [-0.2, -0.15) is 0 Å². The Morgan fingerprint density at radius 2 is 1.95 bits per heavy atom. The second kappa shape index (κ2) is 5.59. The Balaban J connectivity index is 1.93. The summed E-state index contributed by atoms with van der Waals surface area (Å²) in [5.74, 6) is -1.33. The molecule has 0 radical (unpaired) electrons. The van der Waals surface area contributed by atoms with Crippen molar-refractivity contribution in [2.24, 2.45) is 5.92 Å². The maximum atomic E-state index is 12.1. The molecule has 0 aromatic heterocycles. The average molecular weight is 304 g/mol. The highest BCUT2D eigenvalue weighted by atomic mass is 32.2. The van der Waals surface area contributed by atoms with Crippen molar-refractivity contribution in [1.82, 2.24) is 10.2 Å². The average Bonchev–Trinajstić information content (AvgIpc) is 2.94. The van der Waals surface area contributed by atoms with Gasteiger partial charge in [-0.1, -0.05) is 6.42 Å². The first-order valence-electron chi connectivity index (χ1n) is 6.77. The number of amides is 2. The summed E-state index contributed by atoms with van der Waals surface area (Å²) in [6.45, 7) is 0. The van der Waals surface area contributed by atoms with Crippen molar-refractivity contribution in [3.63, 3.8) is 0 Å². The third kappa shape index (κ3) is 3.23. The highest BCUT2D eigenvalue weighted by molar-refractivity contribution is 7.91. The summed E-state index contributed by atoms with van der Waals surface area (Å²) in [5, 5.41) is 11.8. The molecule has 3 unspecified atom stereocenters. The molecule has 1 saturated carbocycles. The molecule has 3 atom stereocenters. The van der Waals surface area contributed by atoms with Crippen LogP contribution in [0.5, 0.6) is 0 Å². The van der Waals surface area contributed by atoms with Crippen molar-refractivity contribution in [3.05, 3.63) is 0 Å². The van der Waals surface area contributed by atoms with Crippen LogP contribution in [-0.4, -0.2) is 61.1 Å². The number of hydrogen-bond acceptors (Lipinski definition) is 4. The Labute approximate surface area is 118 Å². The lowest BCUT2D eigenvalue weighted by atomic mass is 10.0. The molecule has 2 N–H and O–H groups in total. The number of nitrogens with zero attached hydrogens (tertiary/aromatic N) is 1. The minimum absolute atomic E-state index is 0.00997. The zero-order chi connectivity index (χ0) is 14.9. The zero-order valence-corrected chi connectivity index (χ0v) is 12.2. The Kier molecular flexibility index (Phi) is 4.22. The van der Waals surface area contributed by atoms with E-state index < -0.39 is 21.7 Å². The van der Waals surface area contributed by atoms with Gasteiger partial charge in [-0.3, -0.25) is 4.79 Å². The fourth-order valence-electron chi connectivity index (χ4n) is 2.94. The fraction of sp³-hybridized carbons (Fsp3) is 0.833. The molecule has 2 aliphatic rings. The molecule has 0 aromatic carbocycles. The van der Waals surface area contributed by atoms with E-state index in [1.54, 1.807) is 7.05 Å². The Bertz CT molecular complexity index is 504. The van der Waals surface area contributed by atoms with Crippen LogP contribution in [0.15, 0.2) is 0 Å². The number of nitrogens with one attached hydrogen (secondary N) is 1. The van der Waals surface area contributed by atoms with Gasteiger partial charge in [-0.25, -0.2) is 13.2 Å². The van der Waals surface area contributed by atoms with E-state index in [4.69, 9.17) is 5.11 Å². The third-order valence-electron chi connectivity index (χ3n) is 4.22. The van der Waals surface area contributed by atoms with Crippen molar-refractivity contribution in [1.29, 1.82) is 0 Å². The molecular formula is C12H20N2O5S. The number of carboxylic acids is 1. The largest absolute Gasteiger partial charge is 0.481 e. The molecule has 2 amide bonds. The van der Waals surface area contributed by atoms with Gasteiger partial charge in [-0.05, 0) is 19.3 Å². The second-order valence-corrected chi connectivity index (χ2v) is 7.83. The molecule has 20 heavy (non-hydrogen) atoms. The highest BCUT2D eigenvalue weighted by Crippen LogP contribution is 2.26. The molecule has 2 rings (SSSR count). The first kappa shape index (κ1) is 15.1. The molecule has 0 bridgehead atoms. The van der Waals surface area contributed by atoms with Gasteiger partial charge in [-0.15, -0.1) is 0 Å². The van der Waals surface area contributed by atoms with Crippen LogP contribution >= 0.6 is 0 Å². The van der Waals surface area contributed by atoms with E-state index in [1.807, 2.05) is 0 Å². The first-order valence-corrected chi connectivity index (χ1v) is 8.59. The number of hydrogen-bond donors (Lipinski definition) is 2. The van der Waals surface area contributed by atoms with E-state index in [1.165, 1.54) is 4.90 Å². The molecule has 1 heterocycles. The van der Waals surface area contributed by atoms with Crippen molar-refractivity contribution in [3.8, 4) is 0 Å². The molecule has 1 aliphatic carbocycles. The van der Waals surface area contributed by atoms with Crippen LogP contribution in [0, 0.1) is 5.92 Å². The van der Waals surface area contributed by atoms with Crippen LogP contribution in [0.1, 0.15) is 25.7 Å². The van der Waals surface area contributed by atoms with Crippen molar-refractivity contribution < 1.29 is 23.1 Å². The lowest BCUT2D eigenvalue weighted by Crippen LogP contribution is -2.49. The van der Waals surface area contributed by atoms with Crippen LogP contribution in [0.3, 0.4) is 0 Å². The van der Waals surface area contributed by atoms with E-state index in [-0.39, 0.29) is 29.6 Å². The molecule has 2 fully saturated rings. The van der Waals surface area contributed by atoms with Gasteiger partial charge in [0.05, 0.1) is 17.4 Å². The molecule has 8 heteroatoms. The van der Waals surface area contributed by atoms with Crippen molar-refractivity contribution in [2.45, 2.75) is 37.8 Å². The van der Waals surface area contributed by atoms with Crippen LogP contribution in [-0.2, 0) is 14.6 Å². The third-order valence-corrected chi connectivity index (χ3v) is 5.97. The van der Waals surface area contributed by atoms with Gasteiger partial charge in [0, 0.05) is 19.1 Å². The Morgan fingerprint density at radius 3 is 2.50 bits per heavy atom. The minimum atomic E-state index is -3.04. The normalized spacial score (nSPS) is 31.9. The maximum absolute atomic E-state index is 12.1. The molecule has 7 nitrogen and oxygen atoms in total. The molecule has 1 saturated heterocycles. The predicted octanol–water partition coefficient (Wildman–Crippen LogP) is 0.0682. The standard InChI is InChI=1S/C12H20N2O5S/c1-14(8-5-6-20(18,19)7-8)12(17)13-10-4-2-3-9(10)11(15)16/h8-10H,2-7H2,1H3,(H,13,17)(H,15,16). The SMILES string of the molecule is CN(C(=O)NC1CCCC1C(=O)O)C1CCS(=O)(=O)C1. The number of aliphatic carboxylic acids is 1. The van der Waals surface area contributed by atoms with Crippen LogP contribution in [0.2, 0.25) is 0 Å². The minimum Gasteiger partial charge on any atom is -0.481 e. The van der Waals surface area contributed by atoms with E-state index in [9.17, 15) is 18.0 Å². The lowest BCUT2D eigenvalue weighted by molar-refractivity contribution is -0.142. The molecular weight excluding hydrogens is 284 g/mol. The summed E-state index contributed by atoms with van der Waals surface area (Å²) in [6, 6.07) is -1.06. The van der Waals surface area contributed by atoms with Gasteiger partial charge in [0.25, 0.3) is 0 Å². The lowest BCUT2D eigenvalue weighted by Gasteiger charge is -2.27. The quantitative estimate of drug-likeness (QED) is 0.768. The molecule has 114 valence electrons. The van der Waals surface area contributed by atoms with Crippen LogP contribution in [0.25, 0.3) is 0 Å². The summed E-state index contributed by atoms with van der Waals surface area (Å²) >= 11 is 0. The molecule has 1 aliphatic heterocycles. The van der Waals surface area contributed by atoms with E-state index in [2.05, 4.69) is 5.32 Å². The monoisotopic (exact) mass is 304 g/mol. The summed E-state index contributed by atoms with van der Waals surface area (Å²) in [5.41, 5.74) is 0. The van der Waals surface area contributed by atoms with Gasteiger partial charge in [0.15, 0.2) is 9.84 Å². The zero-order valence-electron chi connectivity index (χ0n) is 11.4. The van der Waals surface area contributed by atoms with E-state index in [0.29, 0.717) is 19.3 Å². The van der Waals surface area contributed by atoms with E-state index >= 15 is 0 Å². The summed E-state index contributed by atoms with van der Waals surface area (Å²) in [4.78, 5) is 24.5. The smallest absolute Gasteiger partial charge is 0.317 e. The highest BCUT2D eigenvalue weighted by Gasteiger charge is 2.37. The predicted molar refractivity (Wildman–Crippen MR) is 72.1 cm³/mol. The van der Waals surface area contributed by atoms with Crippen LogP contribution < -0.4 is 5.32 Å². The number of rotatable bonds is 3. The number of urea groups is 1. The maximum Gasteiger partial charge on any atom is 0.317 e. The second-order valence-electron chi connectivity index (χ2n) is 5.60. The van der Waals surface area contributed by atoms with Gasteiger partial charge < -0.3 is 15.3 Å². The van der Waals surface area contributed by atoms with Gasteiger partial charge in [0.2, 0.25) is 0 Å². The number of carbonyl (C=O) groups is 2. The molecule has 0 spiro atoms. The van der Waals surface area contributed by atoms with E-state index in [0.717, 1.165) is 6.42 Å². The Hall–Kier alpha value is -1.31. The van der Waals surface area contributed by atoms with Gasteiger partial charge >= 0.3 is 12.0 Å². The number of carboxylic acid groups (broad SMARTS) is 1.